The third-order valence-corrected chi connectivity index (χ3v) is 6.11. The van der Waals surface area contributed by atoms with Crippen molar-refractivity contribution < 1.29 is 13.9 Å². The zero-order valence-electron chi connectivity index (χ0n) is 17.2. The van der Waals surface area contributed by atoms with Gasteiger partial charge in [-0.25, -0.2) is 4.39 Å². The number of benzene rings is 2. The summed E-state index contributed by atoms with van der Waals surface area (Å²) in [5, 5.41) is 9.17. The number of hydrogen-bond donors (Lipinski definition) is 0. The largest absolute Gasteiger partial charge is 0.483 e. The van der Waals surface area contributed by atoms with Crippen LogP contribution in [0.15, 0.2) is 59.8 Å². The fourth-order valence-electron chi connectivity index (χ4n) is 3.57. The first kappa shape index (κ1) is 21.4. The molecule has 0 saturated carbocycles. The van der Waals surface area contributed by atoms with Gasteiger partial charge in [0.15, 0.2) is 22.5 Å². The molecule has 0 aliphatic carbocycles. The molecule has 4 rings (SSSR count). The van der Waals surface area contributed by atoms with Crippen LogP contribution in [0.25, 0.3) is 5.69 Å². The molecule has 2 heterocycles. The van der Waals surface area contributed by atoms with Crippen LogP contribution < -0.4 is 4.74 Å². The molecule has 1 saturated heterocycles. The molecule has 0 radical (unpaired) electrons. The Bertz CT molecular complexity index is 1000. The van der Waals surface area contributed by atoms with E-state index in [1.165, 1.54) is 30.7 Å². The number of aromatic nitrogens is 3. The van der Waals surface area contributed by atoms with Crippen molar-refractivity contribution in [2.45, 2.75) is 37.4 Å². The van der Waals surface area contributed by atoms with E-state index >= 15 is 0 Å². The number of amides is 1. The Morgan fingerprint density at radius 1 is 0.968 bits per heavy atom. The number of para-hydroxylation sites is 2. The molecule has 3 aromatic rings. The van der Waals surface area contributed by atoms with Gasteiger partial charge in [-0.1, -0.05) is 54.9 Å². The van der Waals surface area contributed by atoms with E-state index in [0.717, 1.165) is 31.6 Å². The molecular weight excluding hydrogens is 415 g/mol. The standard InChI is InChI=1S/C23H25FN4O2S/c24-19-12-6-7-13-20(19)30-16-21-25-26-23(28(21)18-10-4-3-5-11-18)31-17-22(29)27-14-8-1-2-9-15-27/h3-7,10-13H,1-2,8-9,14-17H2. The van der Waals surface area contributed by atoms with Crippen LogP contribution in [0, 0.1) is 5.82 Å². The molecule has 1 fully saturated rings. The number of carbonyl (C=O) groups excluding carboxylic acids is 1. The summed E-state index contributed by atoms with van der Waals surface area (Å²) >= 11 is 1.36. The summed E-state index contributed by atoms with van der Waals surface area (Å²) in [6.07, 6.45) is 4.50. The molecular formula is C23H25FN4O2S. The Kier molecular flexibility index (Phi) is 7.19. The molecule has 1 aromatic heterocycles. The number of thioether (sulfide) groups is 1. The lowest BCUT2D eigenvalue weighted by Crippen LogP contribution is -2.33. The quantitative estimate of drug-likeness (QED) is 0.507. The van der Waals surface area contributed by atoms with Crippen molar-refractivity contribution in [3.05, 3.63) is 66.2 Å². The van der Waals surface area contributed by atoms with Gasteiger partial charge >= 0.3 is 0 Å². The van der Waals surface area contributed by atoms with Crippen molar-refractivity contribution in [2.75, 3.05) is 18.8 Å². The summed E-state index contributed by atoms with van der Waals surface area (Å²) in [5.74, 6) is 0.707. The fourth-order valence-corrected chi connectivity index (χ4v) is 4.44. The molecule has 0 bridgehead atoms. The lowest BCUT2D eigenvalue weighted by atomic mass is 10.2. The first-order chi connectivity index (χ1) is 15.2. The number of rotatable bonds is 7. The van der Waals surface area contributed by atoms with Crippen LogP contribution in [0.2, 0.25) is 0 Å². The lowest BCUT2D eigenvalue weighted by Gasteiger charge is -2.20. The maximum absolute atomic E-state index is 13.9. The highest BCUT2D eigenvalue weighted by Crippen LogP contribution is 2.24. The van der Waals surface area contributed by atoms with Gasteiger partial charge in [-0.2, -0.15) is 0 Å². The highest BCUT2D eigenvalue weighted by molar-refractivity contribution is 7.99. The highest BCUT2D eigenvalue weighted by atomic mass is 32.2. The van der Waals surface area contributed by atoms with E-state index < -0.39 is 5.82 Å². The topological polar surface area (TPSA) is 60.2 Å². The molecule has 8 heteroatoms. The van der Waals surface area contributed by atoms with Gasteiger partial charge < -0.3 is 9.64 Å². The fraction of sp³-hybridized carbons (Fsp3) is 0.348. The molecule has 1 aliphatic heterocycles. The van der Waals surface area contributed by atoms with E-state index in [9.17, 15) is 9.18 Å². The number of hydrogen-bond acceptors (Lipinski definition) is 5. The van der Waals surface area contributed by atoms with Crippen LogP contribution in [0.1, 0.15) is 31.5 Å². The average Bonchev–Trinajstić information content (AvgIpc) is 3.00. The molecule has 6 nitrogen and oxygen atoms in total. The smallest absolute Gasteiger partial charge is 0.233 e. The minimum Gasteiger partial charge on any atom is -0.483 e. The van der Waals surface area contributed by atoms with Gasteiger partial charge in [0.05, 0.1) is 5.75 Å². The normalized spacial score (nSPS) is 14.3. The van der Waals surface area contributed by atoms with Gasteiger partial charge in [0.2, 0.25) is 5.91 Å². The van der Waals surface area contributed by atoms with Gasteiger partial charge in [0.25, 0.3) is 0 Å². The Morgan fingerprint density at radius 2 is 1.68 bits per heavy atom. The van der Waals surface area contributed by atoms with Crippen molar-refractivity contribution in [1.82, 2.24) is 19.7 Å². The second kappa shape index (κ2) is 10.4. The maximum atomic E-state index is 13.9. The lowest BCUT2D eigenvalue weighted by molar-refractivity contribution is -0.128. The molecule has 31 heavy (non-hydrogen) atoms. The van der Waals surface area contributed by atoms with Crippen molar-refractivity contribution in [2.24, 2.45) is 0 Å². The van der Waals surface area contributed by atoms with Crippen molar-refractivity contribution in [3.8, 4) is 11.4 Å². The van der Waals surface area contributed by atoms with Gasteiger partial charge in [-0.05, 0) is 37.1 Å². The van der Waals surface area contributed by atoms with Crippen LogP contribution in [-0.4, -0.2) is 44.4 Å². The van der Waals surface area contributed by atoms with E-state index in [1.54, 1.807) is 18.2 Å². The Hall–Kier alpha value is -2.87. The zero-order chi connectivity index (χ0) is 21.5. The predicted octanol–water partition coefficient (Wildman–Crippen LogP) is 4.48. The van der Waals surface area contributed by atoms with E-state index in [1.807, 2.05) is 39.8 Å². The molecule has 0 atom stereocenters. The van der Waals surface area contributed by atoms with Crippen LogP contribution in [0.5, 0.6) is 5.75 Å². The summed E-state index contributed by atoms with van der Waals surface area (Å²) in [5.41, 5.74) is 0.865. The van der Waals surface area contributed by atoms with E-state index in [0.29, 0.717) is 16.7 Å². The molecule has 0 unspecified atom stereocenters. The molecule has 1 aliphatic rings. The van der Waals surface area contributed by atoms with Gasteiger partial charge in [-0.3, -0.25) is 9.36 Å². The highest BCUT2D eigenvalue weighted by Gasteiger charge is 2.20. The summed E-state index contributed by atoms with van der Waals surface area (Å²) in [6, 6.07) is 15.9. The van der Waals surface area contributed by atoms with Crippen molar-refractivity contribution in [1.29, 1.82) is 0 Å². The van der Waals surface area contributed by atoms with Gasteiger partial charge in [0.1, 0.15) is 6.61 Å². The average molecular weight is 441 g/mol. The number of likely N-dealkylation sites (tertiary alicyclic amines) is 1. The summed E-state index contributed by atoms with van der Waals surface area (Å²) in [4.78, 5) is 14.7. The van der Waals surface area contributed by atoms with Crippen LogP contribution in [0.3, 0.4) is 0 Å². The second-order valence-corrected chi connectivity index (χ2v) is 8.32. The van der Waals surface area contributed by atoms with E-state index in [-0.39, 0.29) is 18.3 Å². The van der Waals surface area contributed by atoms with Crippen molar-refractivity contribution >= 4 is 17.7 Å². The summed E-state index contributed by atoms with van der Waals surface area (Å²) in [7, 11) is 0. The maximum Gasteiger partial charge on any atom is 0.233 e. The third kappa shape index (κ3) is 5.44. The number of halogens is 1. The predicted molar refractivity (Wildman–Crippen MR) is 118 cm³/mol. The van der Waals surface area contributed by atoms with E-state index in [2.05, 4.69) is 10.2 Å². The first-order valence-corrected chi connectivity index (χ1v) is 11.5. The molecule has 162 valence electrons. The Morgan fingerprint density at radius 3 is 2.42 bits per heavy atom. The first-order valence-electron chi connectivity index (χ1n) is 10.5. The SMILES string of the molecule is O=C(CSc1nnc(COc2ccccc2F)n1-c1ccccc1)N1CCCCCC1. The second-order valence-electron chi connectivity index (χ2n) is 7.37. The third-order valence-electron chi connectivity index (χ3n) is 5.19. The molecule has 0 N–H and O–H groups in total. The number of carbonyl (C=O) groups is 1. The number of nitrogens with zero attached hydrogens (tertiary/aromatic N) is 4. The van der Waals surface area contributed by atoms with E-state index in [4.69, 9.17) is 4.74 Å². The van der Waals surface area contributed by atoms with Gasteiger partial charge in [0, 0.05) is 18.8 Å². The van der Waals surface area contributed by atoms with Crippen LogP contribution >= 0.6 is 11.8 Å². The van der Waals surface area contributed by atoms with Gasteiger partial charge in [-0.15, -0.1) is 10.2 Å². The molecule has 1 amide bonds. The minimum atomic E-state index is -0.425. The van der Waals surface area contributed by atoms with Crippen LogP contribution in [0.4, 0.5) is 4.39 Å². The Labute approximate surface area is 185 Å². The summed E-state index contributed by atoms with van der Waals surface area (Å²) in [6.45, 7) is 1.71. The monoisotopic (exact) mass is 440 g/mol. The zero-order valence-corrected chi connectivity index (χ0v) is 18.1. The molecule has 2 aromatic carbocycles. The molecule has 0 spiro atoms. The van der Waals surface area contributed by atoms with Crippen LogP contribution in [-0.2, 0) is 11.4 Å². The number of ether oxygens (including phenoxy) is 1. The Balaban J connectivity index is 1.50. The van der Waals surface area contributed by atoms with Crippen molar-refractivity contribution in [3.63, 3.8) is 0 Å². The minimum absolute atomic E-state index is 0.0590. The summed E-state index contributed by atoms with van der Waals surface area (Å²) < 4.78 is 21.4.